The van der Waals surface area contributed by atoms with Crippen LogP contribution in [0.15, 0.2) is 18.2 Å². The summed E-state index contributed by atoms with van der Waals surface area (Å²) in [5, 5.41) is 9.82. The molecule has 1 aromatic carbocycles. The number of halogens is 1. The average molecular weight is 378 g/mol. The van der Waals surface area contributed by atoms with E-state index < -0.39 is 0 Å². The summed E-state index contributed by atoms with van der Waals surface area (Å²) < 4.78 is 7.65. The van der Waals surface area contributed by atoms with Gasteiger partial charge in [0.15, 0.2) is 0 Å². The van der Waals surface area contributed by atoms with Gasteiger partial charge >= 0.3 is 0 Å². The fourth-order valence-corrected chi connectivity index (χ4v) is 1.95. The van der Waals surface area contributed by atoms with Gasteiger partial charge in [-0.25, -0.2) is 5.06 Å². The lowest BCUT2D eigenvalue weighted by atomic mass is 10.2. The molecule has 0 atom stereocenters. The zero-order chi connectivity index (χ0) is 14.3. The molecule has 1 aromatic rings. The van der Waals surface area contributed by atoms with Crippen LogP contribution in [0.4, 0.5) is 5.69 Å². The summed E-state index contributed by atoms with van der Waals surface area (Å²) >= 11 is 2.16. The maximum atomic E-state index is 10.4. The van der Waals surface area contributed by atoms with Gasteiger partial charge in [0.05, 0.1) is 41.7 Å². The third kappa shape index (κ3) is 5.23. The number of carbonyl (C=O) groups excluding carboxylic acids is 1. The summed E-state index contributed by atoms with van der Waals surface area (Å²) in [6.45, 7) is 2.97. The lowest BCUT2D eigenvalue weighted by molar-refractivity contribution is -0.152. The van der Waals surface area contributed by atoms with E-state index in [1.165, 1.54) is 0 Å². The van der Waals surface area contributed by atoms with Crippen LogP contribution < -0.4 is 7.85 Å². The number of hydroxylamine groups is 2. The van der Waals surface area contributed by atoms with Gasteiger partial charge in [-0.3, -0.25) is 10.0 Å². The fraction of sp³-hybridized carbons (Fsp3) is 0.462. The summed E-state index contributed by atoms with van der Waals surface area (Å²) in [4.78, 5) is 10.4. The van der Waals surface area contributed by atoms with Gasteiger partial charge in [0, 0.05) is 7.05 Å². The van der Waals surface area contributed by atoms with Crippen LogP contribution in [0.5, 0.6) is 5.75 Å². The lowest BCUT2D eigenvalue weighted by Gasteiger charge is -2.18. The van der Waals surface area contributed by atoms with Crippen molar-refractivity contribution in [2.45, 2.75) is 26.3 Å². The number of nitrogens with zero attached hydrogens (tertiary/aromatic N) is 2. The molecule has 106 valence electrons. The van der Waals surface area contributed by atoms with Gasteiger partial charge < -0.3 is 7.85 Å². The van der Waals surface area contributed by atoms with Crippen molar-refractivity contribution in [3.8, 4) is 5.75 Å². The number of anilines is 1. The van der Waals surface area contributed by atoms with Crippen LogP contribution in [0, 0.1) is 0 Å². The Morgan fingerprint density at radius 3 is 2.79 bits per heavy atom. The van der Waals surface area contributed by atoms with Gasteiger partial charge in [0.1, 0.15) is 5.75 Å². The van der Waals surface area contributed by atoms with E-state index in [1.54, 1.807) is 0 Å². The Labute approximate surface area is 127 Å². The molecule has 0 aliphatic rings. The molecule has 0 aliphatic carbocycles. The number of amides is 1. The Bertz CT molecular complexity index is 413. The smallest absolute Gasteiger partial charge is 0.233 e. The van der Waals surface area contributed by atoms with E-state index in [4.69, 9.17) is 4.74 Å². The molecule has 19 heavy (non-hydrogen) atoms. The topological polar surface area (TPSA) is 53.0 Å². The first kappa shape index (κ1) is 16.0. The van der Waals surface area contributed by atoms with Crippen LogP contribution in [0.1, 0.15) is 25.3 Å². The van der Waals surface area contributed by atoms with Crippen molar-refractivity contribution in [2.24, 2.45) is 0 Å². The van der Waals surface area contributed by atoms with Crippen LogP contribution in [-0.4, -0.2) is 30.3 Å². The molecule has 0 fully saturated rings. The van der Waals surface area contributed by atoms with Gasteiger partial charge in [-0.05, 0) is 24.1 Å². The first-order valence-corrected chi connectivity index (χ1v) is 7.11. The molecule has 1 amide bonds. The highest BCUT2D eigenvalue weighted by Crippen LogP contribution is 2.31. The van der Waals surface area contributed by atoms with Crippen LogP contribution in [0.2, 0.25) is 0 Å². The Balaban J connectivity index is 2.84. The van der Waals surface area contributed by atoms with Crippen molar-refractivity contribution < 1.29 is 14.7 Å². The zero-order valence-electron chi connectivity index (χ0n) is 11.2. The minimum atomic E-state index is 0.163. The molecular weight excluding hydrogens is 359 g/mol. The molecule has 0 radical (unpaired) electrons. The van der Waals surface area contributed by atoms with E-state index in [9.17, 15) is 10.0 Å². The van der Waals surface area contributed by atoms with E-state index >= 15 is 0 Å². The molecule has 1 N–H and O–H groups in total. The number of benzene rings is 1. The van der Waals surface area contributed by atoms with E-state index in [2.05, 4.69) is 29.8 Å². The van der Waals surface area contributed by atoms with E-state index in [1.807, 2.05) is 28.4 Å². The van der Waals surface area contributed by atoms with Gasteiger partial charge in [0.25, 0.3) is 0 Å². The number of hydrogen-bond acceptors (Lipinski definition) is 4. The third-order valence-electron chi connectivity index (χ3n) is 2.58. The van der Waals surface area contributed by atoms with Gasteiger partial charge in [-0.1, -0.05) is 19.4 Å². The summed E-state index contributed by atoms with van der Waals surface area (Å²) in [6.07, 6.45) is 2.49. The summed E-state index contributed by atoms with van der Waals surface area (Å²) in [5.41, 5.74) is 1.77. The highest BCUT2D eigenvalue weighted by molar-refractivity contribution is 14.1. The Morgan fingerprint density at radius 1 is 1.47 bits per heavy atom. The summed E-state index contributed by atoms with van der Waals surface area (Å²) in [7, 11) is 1.92. The first-order chi connectivity index (χ1) is 9.08. The zero-order valence-corrected chi connectivity index (χ0v) is 13.3. The number of rotatable bonds is 8. The number of carbonyl (C=O) groups is 1. The maximum Gasteiger partial charge on any atom is 0.233 e. The second-order valence-corrected chi connectivity index (χ2v) is 5.63. The van der Waals surface area contributed by atoms with Crippen LogP contribution in [0.25, 0.3) is 0 Å². The van der Waals surface area contributed by atoms with Gasteiger partial charge in [0.2, 0.25) is 6.41 Å². The van der Waals surface area contributed by atoms with E-state index in [0.29, 0.717) is 18.1 Å². The highest BCUT2D eigenvalue weighted by atomic mass is 127. The molecule has 5 nitrogen and oxygen atoms in total. The van der Waals surface area contributed by atoms with E-state index in [-0.39, 0.29) is 6.54 Å². The molecule has 0 saturated carbocycles. The number of unbranched alkanes of at least 4 members (excludes halogenated alkanes) is 1. The third-order valence-corrected chi connectivity index (χ3v) is 3.10. The quantitative estimate of drug-likeness (QED) is 0.189. The normalized spacial score (nSPS) is 10.1. The van der Waals surface area contributed by atoms with Crippen LogP contribution >= 0.6 is 22.9 Å². The van der Waals surface area contributed by atoms with Crippen LogP contribution in [0.3, 0.4) is 0 Å². The molecule has 0 aromatic heterocycles. The predicted molar refractivity (Wildman–Crippen MR) is 82.7 cm³/mol. The SMILES string of the molecule is CCCCOc1ccc(CN(O)C=O)cc1N(C)I. The first-order valence-electron chi connectivity index (χ1n) is 6.14. The second kappa shape index (κ2) is 8.21. The van der Waals surface area contributed by atoms with Crippen molar-refractivity contribution >= 4 is 35.0 Å². The van der Waals surface area contributed by atoms with Crippen molar-refractivity contribution in [1.29, 1.82) is 0 Å². The number of hydrogen-bond donors (Lipinski definition) is 1. The molecule has 0 spiro atoms. The molecule has 0 aliphatic heterocycles. The monoisotopic (exact) mass is 378 g/mol. The van der Waals surface area contributed by atoms with Crippen molar-refractivity contribution in [2.75, 3.05) is 16.8 Å². The second-order valence-electron chi connectivity index (χ2n) is 4.18. The predicted octanol–water partition coefficient (Wildman–Crippen LogP) is 3.00. The fourth-order valence-electron chi connectivity index (χ4n) is 1.57. The molecule has 6 heteroatoms. The number of ether oxygens (including phenoxy) is 1. The summed E-state index contributed by atoms with van der Waals surface area (Å²) in [5.74, 6) is 0.810. The van der Waals surface area contributed by atoms with Crippen molar-refractivity contribution in [1.82, 2.24) is 5.06 Å². The summed E-state index contributed by atoms with van der Waals surface area (Å²) in [6, 6.07) is 5.62. The minimum Gasteiger partial charge on any atom is -0.491 e. The molecule has 0 unspecified atom stereocenters. The molecule has 0 bridgehead atoms. The van der Waals surface area contributed by atoms with Crippen molar-refractivity contribution in [3.63, 3.8) is 0 Å². The van der Waals surface area contributed by atoms with Gasteiger partial charge in [-0.2, -0.15) is 0 Å². The molecule has 1 rings (SSSR count). The van der Waals surface area contributed by atoms with Crippen LogP contribution in [-0.2, 0) is 11.3 Å². The van der Waals surface area contributed by atoms with Crippen molar-refractivity contribution in [3.05, 3.63) is 23.8 Å². The lowest BCUT2D eigenvalue weighted by Crippen LogP contribution is -2.16. The van der Waals surface area contributed by atoms with E-state index in [0.717, 1.165) is 29.8 Å². The highest BCUT2D eigenvalue weighted by Gasteiger charge is 2.09. The largest absolute Gasteiger partial charge is 0.491 e. The Morgan fingerprint density at radius 2 is 2.21 bits per heavy atom. The molecular formula is C13H19IN2O3. The standard InChI is InChI=1S/C13H19IN2O3/c1-3-4-7-19-13-6-5-11(9-16(18)10-17)8-12(13)15(2)14/h5-6,8,10,18H,3-4,7,9H2,1-2H3. The molecule has 0 saturated heterocycles. The maximum absolute atomic E-state index is 10.4. The average Bonchev–Trinajstić information content (AvgIpc) is 2.40. The Hall–Kier alpha value is -1.02. The minimum absolute atomic E-state index is 0.163. The van der Waals surface area contributed by atoms with Gasteiger partial charge in [-0.15, -0.1) is 0 Å². The Kier molecular flexibility index (Phi) is 6.93. The molecule has 0 heterocycles.